The molecule has 6 nitrogen and oxygen atoms in total. The molecule has 170 valence electrons. The Morgan fingerprint density at radius 1 is 1.19 bits per heavy atom. The molecule has 2 unspecified atom stereocenters. The summed E-state index contributed by atoms with van der Waals surface area (Å²) in [5.74, 6) is 1.99. The largest absolute Gasteiger partial charge is 0.394 e. The van der Waals surface area contributed by atoms with Crippen molar-refractivity contribution in [2.75, 3.05) is 29.9 Å². The quantitative estimate of drug-likeness (QED) is 0.681. The van der Waals surface area contributed by atoms with E-state index in [1.807, 2.05) is 17.0 Å². The molecule has 3 heterocycles. The molecule has 32 heavy (non-hydrogen) atoms. The van der Waals surface area contributed by atoms with Gasteiger partial charge in [-0.3, -0.25) is 0 Å². The zero-order valence-corrected chi connectivity index (χ0v) is 18.8. The summed E-state index contributed by atoms with van der Waals surface area (Å²) in [6, 6.07) is 7.94. The molecule has 4 aliphatic rings. The highest BCUT2D eigenvalue weighted by atomic mass is 35.5. The Balaban J connectivity index is 1.28. The van der Waals surface area contributed by atoms with Crippen LogP contribution in [-0.4, -0.2) is 49.8 Å². The van der Waals surface area contributed by atoms with Crippen LogP contribution in [0.1, 0.15) is 36.4 Å². The van der Waals surface area contributed by atoms with Crippen LogP contribution in [0.5, 0.6) is 0 Å². The number of piperidine rings is 1. The van der Waals surface area contributed by atoms with Gasteiger partial charge in [-0.05, 0) is 54.7 Å². The molecule has 0 bridgehead atoms. The lowest BCUT2D eigenvalue weighted by Gasteiger charge is -2.41. The van der Waals surface area contributed by atoms with Gasteiger partial charge in [-0.15, -0.1) is 0 Å². The SMILES string of the molecule is O=[S@]1c2c(nc(N3CC4C(C3)C4c3ccc(Cl)cc3)nc2NC2(CO)CCC2)CC1(F)F. The summed E-state index contributed by atoms with van der Waals surface area (Å²) in [4.78, 5) is 11.0. The van der Waals surface area contributed by atoms with Gasteiger partial charge in [0, 0.05) is 18.1 Å². The molecule has 6 rings (SSSR count). The third-order valence-corrected chi connectivity index (χ3v) is 9.22. The van der Waals surface area contributed by atoms with Crippen LogP contribution in [0, 0.1) is 11.8 Å². The number of alkyl halides is 2. The van der Waals surface area contributed by atoms with Crippen LogP contribution >= 0.6 is 11.6 Å². The summed E-state index contributed by atoms with van der Waals surface area (Å²) in [5, 5.41) is 10.4. The number of hydrogen-bond donors (Lipinski definition) is 2. The molecule has 2 aliphatic heterocycles. The second-order valence-corrected chi connectivity index (χ2v) is 11.4. The fraction of sp³-hybridized carbons (Fsp3) is 0.545. The molecular formula is C22H23ClF2N4O2S. The minimum atomic E-state index is -3.36. The van der Waals surface area contributed by atoms with Crippen molar-refractivity contribution in [2.24, 2.45) is 11.8 Å². The second-order valence-electron chi connectivity index (χ2n) is 9.46. The Hall–Kier alpha value is -1.84. The van der Waals surface area contributed by atoms with Gasteiger partial charge in [0.2, 0.25) is 5.95 Å². The molecule has 0 radical (unpaired) electrons. The van der Waals surface area contributed by atoms with Crippen molar-refractivity contribution in [2.45, 2.75) is 47.3 Å². The normalized spacial score (nSPS) is 31.1. The van der Waals surface area contributed by atoms with Crippen molar-refractivity contribution >= 4 is 34.2 Å². The summed E-state index contributed by atoms with van der Waals surface area (Å²) in [6.07, 6.45) is 1.72. The van der Waals surface area contributed by atoms with E-state index < -0.39 is 28.0 Å². The summed E-state index contributed by atoms with van der Waals surface area (Å²) in [5.41, 5.74) is 0.822. The van der Waals surface area contributed by atoms with E-state index in [4.69, 9.17) is 11.6 Å². The van der Waals surface area contributed by atoms with E-state index in [0.717, 1.165) is 32.4 Å². The van der Waals surface area contributed by atoms with E-state index in [1.165, 1.54) is 5.56 Å². The van der Waals surface area contributed by atoms with Gasteiger partial charge in [0.15, 0.2) is 0 Å². The Morgan fingerprint density at radius 2 is 1.88 bits per heavy atom. The van der Waals surface area contributed by atoms with Gasteiger partial charge in [-0.1, -0.05) is 23.7 Å². The van der Waals surface area contributed by atoms with Gasteiger partial charge in [-0.2, -0.15) is 13.8 Å². The van der Waals surface area contributed by atoms with Crippen LogP contribution in [0.2, 0.25) is 5.02 Å². The van der Waals surface area contributed by atoms with Crippen LogP contribution in [0.15, 0.2) is 29.2 Å². The van der Waals surface area contributed by atoms with Gasteiger partial charge in [0.1, 0.15) is 21.5 Å². The maximum atomic E-state index is 14.3. The van der Waals surface area contributed by atoms with Crippen molar-refractivity contribution in [1.82, 2.24) is 9.97 Å². The number of aromatic nitrogens is 2. The fourth-order valence-corrected chi connectivity index (χ4v) is 6.78. The zero-order chi connectivity index (χ0) is 22.3. The third-order valence-electron chi connectivity index (χ3n) is 7.48. The number of aliphatic hydroxyl groups is 1. The lowest BCUT2D eigenvalue weighted by Crippen LogP contribution is -2.48. The van der Waals surface area contributed by atoms with E-state index in [0.29, 0.717) is 28.7 Å². The van der Waals surface area contributed by atoms with Crippen molar-refractivity contribution in [3.05, 3.63) is 40.5 Å². The number of benzene rings is 1. The number of anilines is 2. The van der Waals surface area contributed by atoms with E-state index in [9.17, 15) is 18.1 Å². The zero-order valence-electron chi connectivity index (χ0n) is 17.2. The molecular weight excluding hydrogens is 458 g/mol. The molecule has 2 aliphatic carbocycles. The molecule has 1 aromatic heterocycles. The van der Waals surface area contributed by atoms with Gasteiger partial charge in [0.05, 0.1) is 24.3 Å². The van der Waals surface area contributed by atoms with E-state index >= 15 is 0 Å². The number of halogens is 3. The molecule has 2 aromatic rings. The van der Waals surface area contributed by atoms with Crippen molar-refractivity contribution < 1.29 is 18.1 Å². The highest BCUT2D eigenvalue weighted by Crippen LogP contribution is 2.58. The highest BCUT2D eigenvalue weighted by molar-refractivity contribution is 7.86. The number of nitrogens with one attached hydrogen (secondary N) is 1. The minimum absolute atomic E-state index is 0.0122. The Labute approximate surface area is 191 Å². The number of fused-ring (bicyclic) bond motifs is 2. The smallest absolute Gasteiger partial charge is 0.331 e. The van der Waals surface area contributed by atoms with Gasteiger partial charge >= 0.3 is 5.25 Å². The van der Waals surface area contributed by atoms with Crippen molar-refractivity contribution in [1.29, 1.82) is 0 Å². The first-order chi connectivity index (χ1) is 15.3. The molecule has 1 saturated heterocycles. The Bertz CT molecular complexity index is 1090. The standard InChI is InChI=1S/C22H23ClF2N4O2S/c23-13-4-2-12(3-5-13)17-14-9-29(10-15(14)17)20-26-16-8-22(24,25)32(31)18(16)19(27-20)28-21(11-30)6-1-7-21/h2-5,14-15,17,30H,1,6-11H2,(H,26,27,28)/t14?,15?,17?,32-/m0/s1. The number of hydrogen-bond acceptors (Lipinski definition) is 6. The molecule has 2 N–H and O–H groups in total. The molecule has 0 amide bonds. The number of aliphatic hydroxyl groups excluding tert-OH is 1. The van der Waals surface area contributed by atoms with Crippen molar-refractivity contribution in [3.63, 3.8) is 0 Å². The maximum Gasteiger partial charge on any atom is 0.331 e. The van der Waals surface area contributed by atoms with Crippen LogP contribution in [0.25, 0.3) is 0 Å². The predicted molar refractivity (Wildman–Crippen MR) is 118 cm³/mol. The molecule has 3 fully saturated rings. The van der Waals surface area contributed by atoms with Crippen LogP contribution in [0.4, 0.5) is 20.5 Å². The lowest BCUT2D eigenvalue weighted by atomic mass is 9.77. The topological polar surface area (TPSA) is 78.4 Å². The fourth-order valence-electron chi connectivity index (χ4n) is 5.48. The van der Waals surface area contributed by atoms with Gasteiger partial charge in [-0.25, -0.2) is 9.19 Å². The summed E-state index contributed by atoms with van der Waals surface area (Å²) < 4.78 is 41.1. The monoisotopic (exact) mass is 480 g/mol. The minimum Gasteiger partial charge on any atom is -0.394 e. The lowest BCUT2D eigenvalue weighted by molar-refractivity contribution is 0.104. The Morgan fingerprint density at radius 3 is 2.47 bits per heavy atom. The maximum absolute atomic E-state index is 14.3. The first kappa shape index (κ1) is 20.7. The average molecular weight is 481 g/mol. The highest BCUT2D eigenvalue weighted by Gasteiger charge is 2.57. The molecule has 3 atom stereocenters. The first-order valence-corrected chi connectivity index (χ1v) is 12.4. The molecule has 0 spiro atoms. The predicted octanol–water partition coefficient (Wildman–Crippen LogP) is 3.56. The average Bonchev–Trinajstić information content (AvgIpc) is 3.11. The number of rotatable bonds is 5. The summed E-state index contributed by atoms with van der Waals surface area (Å²) in [7, 11) is -2.51. The summed E-state index contributed by atoms with van der Waals surface area (Å²) >= 11 is 6.00. The van der Waals surface area contributed by atoms with Crippen LogP contribution in [-0.2, 0) is 17.2 Å². The van der Waals surface area contributed by atoms with E-state index in [1.54, 1.807) is 0 Å². The third kappa shape index (κ3) is 3.15. The van der Waals surface area contributed by atoms with E-state index in [-0.39, 0.29) is 23.0 Å². The van der Waals surface area contributed by atoms with Gasteiger partial charge < -0.3 is 15.3 Å². The van der Waals surface area contributed by atoms with Gasteiger partial charge in [0.25, 0.3) is 0 Å². The van der Waals surface area contributed by atoms with E-state index in [2.05, 4.69) is 27.4 Å². The van der Waals surface area contributed by atoms with Crippen molar-refractivity contribution in [3.8, 4) is 0 Å². The molecule has 10 heteroatoms. The summed E-state index contributed by atoms with van der Waals surface area (Å²) in [6.45, 7) is 1.38. The molecule has 2 saturated carbocycles. The Kier molecular flexibility index (Phi) is 4.59. The second kappa shape index (κ2) is 7.08. The first-order valence-electron chi connectivity index (χ1n) is 10.9. The number of nitrogens with zero attached hydrogens (tertiary/aromatic N) is 3. The van der Waals surface area contributed by atoms with Crippen LogP contribution in [0.3, 0.4) is 0 Å². The molecule has 1 aromatic carbocycles. The van der Waals surface area contributed by atoms with Crippen LogP contribution < -0.4 is 10.2 Å².